The third kappa shape index (κ3) is 4.60. The fourth-order valence-corrected chi connectivity index (χ4v) is 2.90. The zero-order valence-electron chi connectivity index (χ0n) is 12.4. The van der Waals surface area contributed by atoms with E-state index in [0.717, 1.165) is 37.9 Å². The predicted molar refractivity (Wildman–Crippen MR) is 86.8 cm³/mol. The Morgan fingerprint density at radius 3 is 2.40 bits per heavy atom. The van der Waals surface area contributed by atoms with E-state index in [0.29, 0.717) is 5.78 Å². The number of carbonyl (C=O) groups excluding carboxylic acids is 1. The number of rotatable bonds is 6. The molecule has 3 heteroatoms. The SMILES string of the molecule is CCCCC(C(=O)c1ccccc1)N1CCCCC1.Cl. The van der Waals surface area contributed by atoms with Crippen LogP contribution in [0.4, 0.5) is 0 Å². The number of ketones is 1. The van der Waals surface area contributed by atoms with E-state index in [1.54, 1.807) is 0 Å². The molecule has 0 N–H and O–H groups in total. The topological polar surface area (TPSA) is 20.3 Å². The molecule has 1 aliphatic rings. The fourth-order valence-electron chi connectivity index (χ4n) is 2.90. The van der Waals surface area contributed by atoms with E-state index in [2.05, 4.69) is 11.8 Å². The second-order valence-corrected chi connectivity index (χ2v) is 5.48. The Bertz CT molecular complexity index is 387. The first-order valence-corrected chi connectivity index (χ1v) is 7.66. The van der Waals surface area contributed by atoms with Gasteiger partial charge in [0.2, 0.25) is 0 Å². The van der Waals surface area contributed by atoms with Crippen LogP contribution in [0.2, 0.25) is 0 Å². The van der Waals surface area contributed by atoms with Crippen LogP contribution in [0, 0.1) is 0 Å². The lowest BCUT2D eigenvalue weighted by atomic mass is 9.96. The van der Waals surface area contributed by atoms with Crippen LogP contribution in [-0.2, 0) is 0 Å². The lowest BCUT2D eigenvalue weighted by Crippen LogP contribution is -2.44. The number of carbonyl (C=O) groups is 1. The van der Waals surface area contributed by atoms with Crippen molar-refractivity contribution in [1.29, 1.82) is 0 Å². The van der Waals surface area contributed by atoms with Crippen molar-refractivity contribution in [1.82, 2.24) is 4.90 Å². The lowest BCUT2D eigenvalue weighted by molar-refractivity contribution is 0.0765. The van der Waals surface area contributed by atoms with Crippen LogP contribution < -0.4 is 0 Å². The van der Waals surface area contributed by atoms with Gasteiger partial charge in [-0.15, -0.1) is 12.4 Å². The molecule has 0 radical (unpaired) electrons. The van der Waals surface area contributed by atoms with E-state index in [4.69, 9.17) is 0 Å². The highest BCUT2D eigenvalue weighted by Crippen LogP contribution is 2.19. The Morgan fingerprint density at radius 2 is 1.80 bits per heavy atom. The van der Waals surface area contributed by atoms with Gasteiger partial charge in [0, 0.05) is 5.56 Å². The summed E-state index contributed by atoms with van der Waals surface area (Å²) in [6.07, 6.45) is 7.10. The highest BCUT2D eigenvalue weighted by molar-refractivity contribution is 6.00. The highest BCUT2D eigenvalue weighted by Gasteiger charge is 2.27. The number of hydrogen-bond acceptors (Lipinski definition) is 2. The minimum Gasteiger partial charge on any atom is -0.293 e. The molecular formula is C17H26ClNO. The van der Waals surface area contributed by atoms with Gasteiger partial charge in [0.25, 0.3) is 0 Å². The number of nitrogens with zero attached hydrogens (tertiary/aromatic N) is 1. The Hall–Kier alpha value is -0.860. The summed E-state index contributed by atoms with van der Waals surface area (Å²) in [7, 11) is 0. The maximum absolute atomic E-state index is 12.7. The number of likely N-dealkylation sites (tertiary alicyclic amines) is 1. The zero-order valence-corrected chi connectivity index (χ0v) is 13.2. The lowest BCUT2D eigenvalue weighted by Gasteiger charge is -2.33. The molecule has 1 heterocycles. The van der Waals surface area contributed by atoms with Crippen LogP contribution in [0.3, 0.4) is 0 Å². The number of benzene rings is 1. The average Bonchev–Trinajstić information content (AvgIpc) is 2.49. The molecule has 0 saturated carbocycles. The van der Waals surface area contributed by atoms with E-state index < -0.39 is 0 Å². The molecular weight excluding hydrogens is 270 g/mol. The summed E-state index contributed by atoms with van der Waals surface area (Å²) in [4.78, 5) is 15.1. The van der Waals surface area contributed by atoms with Gasteiger partial charge in [-0.3, -0.25) is 9.69 Å². The molecule has 2 rings (SSSR count). The molecule has 1 fully saturated rings. The van der Waals surface area contributed by atoms with Gasteiger partial charge < -0.3 is 0 Å². The third-order valence-corrected chi connectivity index (χ3v) is 4.02. The third-order valence-electron chi connectivity index (χ3n) is 4.02. The first-order valence-electron chi connectivity index (χ1n) is 7.66. The molecule has 1 aliphatic heterocycles. The number of halogens is 1. The average molecular weight is 296 g/mol. The molecule has 1 saturated heterocycles. The number of Topliss-reactive ketones (excluding diaryl/α,β-unsaturated/α-hetero) is 1. The summed E-state index contributed by atoms with van der Waals surface area (Å²) >= 11 is 0. The van der Waals surface area contributed by atoms with E-state index in [1.165, 1.54) is 19.3 Å². The van der Waals surface area contributed by atoms with Gasteiger partial charge in [0.15, 0.2) is 5.78 Å². The second kappa shape index (κ2) is 9.15. The quantitative estimate of drug-likeness (QED) is 0.728. The molecule has 2 nitrogen and oxygen atoms in total. The maximum atomic E-state index is 12.7. The van der Waals surface area contributed by atoms with Crippen molar-refractivity contribution in [3.63, 3.8) is 0 Å². The molecule has 0 amide bonds. The van der Waals surface area contributed by atoms with Crippen LogP contribution in [0.25, 0.3) is 0 Å². The first-order chi connectivity index (χ1) is 9.33. The number of hydrogen-bond donors (Lipinski definition) is 0. The van der Waals surface area contributed by atoms with Crippen LogP contribution in [0.1, 0.15) is 55.8 Å². The van der Waals surface area contributed by atoms with Gasteiger partial charge in [-0.1, -0.05) is 56.5 Å². The number of unbranched alkanes of at least 4 members (excludes halogenated alkanes) is 1. The molecule has 20 heavy (non-hydrogen) atoms. The molecule has 1 atom stereocenters. The van der Waals surface area contributed by atoms with E-state index in [-0.39, 0.29) is 18.4 Å². The first kappa shape index (κ1) is 17.2. The molecule has 1 aromatic carbocycles. The van der Waals surface area contributed by atoms with E-state index in [1.807, 2.05) is 30.3 Å². The Kier molecular flexibility index (Phi) is 7.86. The highest BCUT2D eigenvalue weighted by atomic mass is 35.5. The summed E-state index contributed by atoms with van der Waals surface area (Å²) in [6, 6.07) is 9.89. The minimum atomic E-state index is 0. The summed E-state index contributed by atoms with van der Waals surface area (Å²) in [5, 5.41) is 0. The van der Waals surface area contributed by atoms with E-state index in [9.17, 15) is 4.79 Å². The van der Waals surface area contributed by atoms with Crippen molar-refractivity contribution in [3.8, 4) is 0 Å². The predicted octanol–water partition coefficient (Wildman–Crippen LogP) is 4.34. The molecule has 0 bridgehead atoms. The van der Waals surface area contributed by atoms with Gasteiger partial charge in [-0.2, -0.15) is 0 Å². The van der Waals surface area contributed by atoms with Crippen LogP contribution in [0.5, 0.6) is 0 Å². The molecule has 0 aliphatic carbocycles. The molecule has 112 valence electrons. The standard InChI is InChI=1S/C17H25NO.ClH/c1-2-3-12-16(18-13-8-5-9-14-18)17(19)15-10-6-4-7-11-15;/h4,6-7,10-11,16H,2-3,5,8-9,12-14H2,1H3;1H. The van der Waals surface area contributed by atoms with Crippen molar-refractivity contribution in [2.75, 3.05) is 13.1 Å². The summed E-state index contributed by atoms with van der Waals surface area (Å²) in [5.41, 5.74) is 0.870. The van der Waals surface area contributed by atoms with Crippen molar-refractivity contribution >= 4 is 18.2 Å². The van der Waals surface area contributed by atoms with Gasteiger partial charge in [0.1, 0.15) is 0 Å². The summed E-state index contributed by atoms with van der Waals surface area (Å²) in [5.74, 6) is 0.316. The normalized spacial score (nSPS) is 17.2. The second-order valence-electron chi connectivity index (χ2n) is 5.48. The molecule has 0 aromatic heterocycles. The van der Waals surface area contributed by atoms with Gasteiger partial charge in [-0.25, -0.2) is 0 Å². The van der Waals surface area contributed by atoms with Crippen molar-refractivity contribution in [2.24, 2.45) is 0 Å². The van der Waals surface area contributed by atoms with Crippen molar-refractivity contribution < 1.29 is 4.79 Å². The zero-order chi connectivity index (χ0) is 13.5. The van der Waals surface area contributed by atoms with Crippen LogP contribution >= 0.6 is 12.4 Å². The molecule has 1 unspecified atom stereocenters. The van der Waals surface area contributed by atoms with Crippen LogP contribution in [0.15, 0.2) is 30.3 Å². The monoisotopic (exact) mass is 295 g/mol. The Labute approximate surface area is 129 Å². The Balaban J connectivity index is 0.00000200. The molecule has 0 spiro atoms. The largest absolute Gasteiger partial charge is 0.293 e. The number of piperidine rings is 1. The fraction of sp³-hybridized carbons (Fsp3) is 0.588. The summed E-state index contributed by atoms with van der Waals surface area (Å²) in [6.45, 7) is 4.38. The smallest absolute Gasteiger partial charge is 0.179 e. The van der Waals surface area contributed by atoms with E-state index >= 15 is 0 Å². The van der Waals surface area contributed by atoms with Gasteiger partial charge in [0.05, 0.1) is 6.04 Å². The maximum Gasteiger partial charge on any atom is 0.179 e. The van der Waals surface area contributed by atoms with Crippen molar-refractivity contribution in [3.05, 3.63) is 35.9 Å². The minimum absolute atomic E-state index is 0. The van der Waals surface area contributed by atoms with Gasteiger partial charge >= 0.3 is 0 Å². The van der Waals surface area contributed by atoms with Crippen molar-refractivity contribution in [2.45, 2.75) is 51.5 Å². The summed E-state index contributed by atoms with van der Waals surface area (Å²) < 4.78 is 0. The molecule has 1 aromatic rings. The Morgan fingerprint density at radius 1 is 1.15 bits per heavy atom. The van der Waals surface area contributed by atoms with Gasteiger partial charge in [-0.05, 0) is 32.4 Å². The van der Waals surface area contributed by atoms with Crippen LogP contribution in [-0.4, -0.2) is 29.8 Å².